The Morgan fingerprint density at radius 2 is 1.83 bits per heavy atom. The third-order valence-corrected chi connectivity index (χ3v) is 3.38. The van der Waals surface area contributed by atoms with Crippen LogP contribution in [0.25, 0.3) is 0 Å². The fourth-order valence-corrected chi connectivity index (χ4v) is 2.11. The lowest BCUT2D eigenvalue weighted by Gasteiger charge is -2.10. The molecule has 0 aliphatic heterocycles. The van der Waals surface area contributed by atoms with E-state index >= 15 is 0 Å². The average Bonchev–Trinajstić information content (AvgIpc) is 2.60. The number of carbonyl (C=O) groups excluding carboxylic acids is 2. The zero-order valence-corrected chi connectivity index (χ0v) is 12.7. The SMILES string of the molecule is N#C[C@H](COC(=O)c1cccc(C(N)=O)c1)Cc1ccc(F)cc1. The van der Waals surface area contributed by atoms with Crippen molar-refractivity contribution in [2.75, 3.05) is 6.61 Å². The third kappa shape index (κ3) is 4.65. The molecule has 0 radical (unpaired) electrons. The number of nitrogens with two attached hydrogens (primary N) is 1. The molecule has 2 rings (SSSR count). The molecule has 0 aliphatic carbocycles. The number of benzene rings is 2. The van der Waals surface area contributed by atoms with Gasteiger partial charge in [0, 0.05) is 5.56 Å². The number of halogens is 1. The number of primary amides is 1. The van der Waals surface area contributed by atoms with Gasteiger partial charge < -0.3 is 10.5 Å². The Labute approximate surface area is 138 Å². The minimum absolute atomic E-state index is 0.104. The third-order valence-electron chi connectivity index (χ3n) is 3.38. The van der Waals surface area contributed by atoms with Crippen molar-refractivity contribution >= 4 is 11.9 Å². The molecule has 0 fully saturated rings. The Balaban J connectivity index is 1.96. The summed E-state index contributed by atoms with van der Waals surface area (Å²) in [6.07, 6.45) is 0.339. The molecule has 0 aromatic heterocycles. The number of hydrogen-bond donors (Lipinski definition) is 1. The second kappa shape index (κ2) is 7.88. The van der Waals surface area contributed by atoms with E-state index in [-0.39, 0.29) is 23.6 Å². The van der Waals surface area contributed by atoms with Gasteiger partial charge in [0.1, 0.15) is 12.4 Å². The van der Waals surface area contributed by atoms with Crippen molar-refractivity contribution in [1.29, 1.82) is 5.26 Å². The summed E-state index contributed by atoms with van der Waals surface area (Å²) >= 11 is 0. The van der Waals surface area contributed by atoms with Crippen LogP contribution in [0.5, 0.6) is 0 Å². The molecule has 0 unspecified atom stereocenters. The number of nitriles is 1. The predicted octanol–water partition coefficient (Wildman–Crippen LogP) is 2.46. The Morgan fingerprint density at radius 3 is 2.46 bits per heavy atom. The van der Waals surface area contributed by atoms with E-state index < -0.39 is 17.8 Å². The molecular weight excluding hydrogens is 311 g/mol. The molecule has 5 nitrogen and oxygen atoms in total. The van der Waals surface area contributed by atoms with Gasteiger partial charge in [-0.25, -0.2) is 9.18 Å². The summed E-state index contributed by atoms with van der Waals surface area (Å²) < 4.78 is 18.0. The van der Waals surface area contributed by atoms with Gasteiger partial charge in [0.15, 0.2) is 0 Å². The van der Waals surface area contributed by atoms with Crippen molar-refractivity contribution in [1.82, 2.24) is 0 Å². The summed E-state index contributed by atoms with van der Waals surface area (Å²) in [7, 11) is 0. The van der Waals surface area contributed by atoms with Crippen LogP contribution in [0.1, 0.15) is 26.3 Å². The van der Waals surface area contributed by atoms with Gasteiger partial charge in [-0.1, -0.05) is 18.2 Å². The Kier molecular flexibility index (Phi) is 5.63. The molecular formula is C18H15FN2O3. The van der Waals surface area contributed by atoms with Crippen molar-refractivity contribution in [3.63, 3.8) is 0 Å². The van der Waals surface area contributed by atoms with E-state index in [0.717, 1.165) is 5.56 Å². The maximum absolute atomic E-state index is 12.9. The molecule has 2 aromatic rings. The fraction of sp³-hybridized carbons (Fsp3) is 0.167. The van der Waals surface area contributed by atoms with Crippen molar-refractivity contribution in [2.24, 2.45) is 11.7 Å². The smallest absolute Gasteiger partial charge is 0.338 e. The van der Waals surface area contributed by atoms with Crippen LogP contribution in [0.3, 0.4) is 0 Å². The van der Waals surface area contributed by atoms with E-state index in [1.165, 1.54) is 36.4 Å². The van der Waals surface area contributed by atoms with Gasteiger partial charge in [0.2, 0.25) is 5.91 Å². The van der Waals surface area contributed by atoms with Crippen LogP contribution in [0.15, 0.2) is 48.5 Å². The lowest BCUT2D eigenvalue weighted by atomic mass is 10.0. The molecule has 1 atom stereocenters. The summed E-state index contributed by atoms with van der Waals surface area (Å²) in [6.45, 7) is -0.104. The van der Waals surface area contributed by atoms with Crippen LogP contribution >= 0.6 is 0 Å². The van der Waals surface area contributed by atoms with E-state index in [2.05, 4.69) is 6.07 Å². The number of esters is 1. The Hall–Kier alpha value is -3.20. The normalized spacial score (nSPS) is 11.3. The number of ether oxygens (including phenoxy) is 1. The summed E-state index contributed by atoms with van der Waals surface area (Å²) in [5, 5.41) is 9.17. The van der Waals surface area contributed by atoms with Crippen molar-refractivity contribution < 1.29 is 18.7 Å². The number of rotatable bonds is 6. The number of hydrogen-bond acceptors (Lipinski definition) is 4. The van der Waals surface area contributed by atoms with Gasteiger partial charge in [-0.15, -0.1) is 0 Å². The summed E-state index contributed by atoms with van der Waals surface area (Å²) in [5.74, 6) is -2.19. The first-order chi connectivity index (χ1) is 11.5. The number of amides is 1. The fourth-order valence-electron chi connectivity index (χ4n) is 2.11. The van der Waals surface area contributed by atoms with Gasteiger partial charge in [-0.3, -0.25) is 4.79 Å². The molecule has 0 bridgehead atoms. The summed E-state index contributed by atoms with van der Waals surface area (Å²) in [4.78, 5) is 23.1. The maximum atomic E-state index is 12.9. The van der Waals surface area contributed by atoms with E-state index in [1.54, 1.807) is 12.1 Å². The Bertz CT molecular complexity index is 782. The molecule has 6 heteroatoms. The molecule has 0 heterocycles. The molecule has 0 spiro atoms. The van der Waals surface area contributed by atoms with E-state index in [4.69, 9.17) is 15.7 Å². The number of nitrogens with zero attached hydrogens (tertiary/aromatic N) is 1. The second-order valence-corrected chi connectivity index (χ2v) is 5.20. The predicted molar refractivity (Wildman–Crippen MR) is 84.4 cm³/mol. The van der Waals surface area contributed by atoms with Gasteiger partial charge in [0.25, 0.3) is 0 Å². The van der Waals surface area contributed by atoms with Gasteiger partial charge in [-0.2, -0.15) is 5.26 Å². The topological polar surface area (TPSA) is 93.2 Å². The van der Waals surface area contributed by atoms with Crippen molar-refractivity contribution in [2.45, 2.75) is 6.42 Å². The average molecular weight is 326 g/mol. The van der Waals surface area contributed by atoms with Crippen molar-refractivity contribution in [3.05, 3.63) is 71.0 Å². The summed E-state index contributed by atoms with van der Waals surface area (Å²) in [6, 6.07) is 13.7. The second-order valence-electron chi connectivity index (χ2n) is 5.20. The minimum Gasteiger partial charge on any atom is -0.461 e. The van der Waals surface area contributed by atoms with Gasteiger partial charge in [-0.05, 0) is 42.3 Å². The van der Waals surface area contributed by atoms with E-state index in [0.29, 0.717) is 6.42 Å². The number of carbonyl (C=O) groups is 2. The van der Waals surface area contributed by atoms with Crippen LogP contribution in [-0.4, -0.2) is 18.5 Å². The van der Waals surface area contributed by atoms with Crippen LogP contribution < -0.4 is 5.73 Å². The molecule has 2 aromatic carbocycles. The first-order valence-corrected chi connectivity index (χ1v) is 7.20. The standard InChI is InChI=1S/C18H15FN2O3/c19-16-6-4-12(5-7-16)8-13(10-20)11-24-18(23)15-3-1-2-14(9-15)17(21)22/h1-7,9,13H,8,11H2,(H2,21,22)/t13-/m1/s1. The highest BCUT2D eigenvalue weighted by Gasteiger charge is 2.15. The molecule has 1 amide bonds. The molecule has 24 heavy (non-hydrogen) atoms. The quantitative estimate of drug-likeness (QED) is 0.825. The minimum atomic E-state index is -0.643. The molecule has 0 aliphatic rings. The van der Waals surface area contributed by atoms with E-state index in [9.17, 15) is 14.0 Å². The first-order valence-electron chi connectivity index (χ1n) is 7.20. The molecule has 2 N–H and O–H groups in total. The zero-order chi connectivity index (χ0) is 17.5. The van der Waals surface area contributed by atoms with Crippen molar-refractivity contribution in [3.8, 4) is 6.07 Å². The molecule has 0 saturated heterocycles. The Morgan fingerprint density at radius 1 is 1.17 bits per heavy atom. The summed E-state index contributed by atoms with van der Waals surface area (Å²) in [5.41, 5.74) is 6.32. The van der Waals surface area contributed by atoms with Crippen LogP contribution in [-0.2, 0) is 11.2 Å². The highest BCUT2D eigenvalue weighted by Crippen LogP contribution is 2.12. The van der Waals surface area contributed by atoms with Gasteiger partial charge in [0.05, 0.1) is 17.6 Å². The zero-order valence-electron chi connectivity index (χ0n) is 12.7. The highest BCUT2D eigenvalue weighted by atomic mass is 19.1. The van der Waals surface area contributed by atoms with Crippen LogP contribution in [0.4, 0.5) is 4.39 Å². The largest absolute Gasteiger partial charge is 0.461 e. The maximum Gasteiger partial charge on any atom is 0.338 e. The lowest BCUT2D eigenvalue weighted by Crippen LogP contribution is -2.16. The first kappa shape index (κ1) is 17.2. The van der Waals surface area contributed by atoms with E-state index in [1.807, 2.05) is 0 Å². The molecule has 0 saturated carbocycles. The van der Waals surface area contributed by atoms with Crippen LogP contribution in [0, 0.1) is 23.1 Å². The monoisotopic (exact) mass is 326 g/mol. The molecule has 122 valence electrons. The van der Waals surface area contributed by atoms with Gasteiger partial charge >= 0.3 is 5.97 Å². The van der Waals surface area contributed by atoms with Crippen LogP contribution in [0.2, 0.25) is 0 Å². The highest BCUT2D eigenvalue weighted by molar-refractivity contribution is 5.97. The lowest BCUT2D eigenvalue weighted by molar-refractivity contribution is 0.0468.